The van der Waals surface area contributed by atoms with Crippen molar-refractivity contribution in [2.24, 2.45) is 0 Å². The van der Waals surface area contributed by atoms with Crippen LogP contribution >= 0.6 is 11.3 Å². The zero-order chi connectivity index (χ0) is 19.8. The van der Waals surface area contributed by atoms with Gasteiger partial charge >= 0.3 is 0 Å². The molecule has 0 saturated heterocycles. The molecule has 1 unspecified atom stereocenters. The van der Waals surface area contributed by atoms with Crippen LogP contribution in [0.3, 0.4) is 0 Å². The molecular weight excluding hydrogens is 386 g/mol. The second-order valence-corrected chi connectivity index (χ2v) is 9.49. The highest BCUT2D eigenvalue weighted by atomic mass is 32.2. The number of hydrogen-bond donors (Lipinski definition) is 0. The lowest BCUT2D eigenvalue weighted by Gasteiger charge is -2.24. The van der Waals surface area contributed by atoms with Crippen LogP contribution in [0.1, 0.15) is 28.5 Å². The van der Waals surface area contributed by atoms with E-state index in [1.807, 2.05) is 20.8 Å². The highest BCUT2D eigenvalue weighted by Gasteiger charge is 2.31. The molecule has 0 spiro atoms. The van der Waals surface area contributed by atoms with E-state index in [9.17, 15) is 8.42 Å². The molecule has 0 radical (unpaired) electrons. The third kappa shape index (κ3) is 3.62. The van der Waals surface area contributed by atoms with E-state index in [-0.39, 0.29) is 10.6 Å². The maximum absolute atomic E-state index is 13.3. The van der Waals surface area contributed by atoms with Crippen LogP contribution in [0.25, 0.3) is 11.3 Å². The molecule has 0 aliphatic heterocycles. The van der Waals surface area contributed by atoms with Crippen LogP contribution in [0, 0.1) is 13.8 Å². The number of aryl methyl sites for hydroxylation is 2. The van der Waals surface area contributed by atoms with Gasteiger partial charge in [-0.3, -0.25) is 0 Å². The van der Waals surface area contributed by atoms with Gasteiger partial charge in [0.2, 0.25) is 10.0 Å². The van der Waals surface area contributed by atoms with Crippen molar-refractivity contribution in [3.05, 3.63) is 46.0 Å². The molecule has 2 heterocycles. The number of aromatic nitrogens is 2. The molecule has 0 aliphatic carbocycles. The molecule has 0 bridgehead atoms. The van der Waals surface area contributed by atoms with E-state index in [1.165, 1.54) is 23.7 Å². The second-order valence-electron chi connectivity index (χ2n) is 6.11. The topological polar surface area (TPSA) is 85.5 Å². The Morgan fingerprint density at radius 1 is 1.26 bits per heavy atom. The zero-order valence-electron chi connectivity index (χ0n) is 15.8. The van der Waals surface area contributed by atoms with E-state index in [1.54, 1.807) is 36.6 Å². The summed E-state index contributed by atoms with van der Waals surface area (Å²) in [7, 11) is -0.845. The van der Waals surface area contributed by atoms with E-state index in [4.69, 9.17) is 9.26 Å². The Hall–Kier alpha value is -2.23. The van der Waals surface area contributed by atoms with Crippen LogP contribution in [-0.2, 0) is 10.0 Å². The standard InChI is InChI=1S/C18H21N3O4S2/c1-11(18-12(2)26-13(3)20-18)21(4)27(22,23)17-10-14(6-7-16(17)24-5)15-8-9-19-25-15/h6-11H,1-5H3. The summed E-state index contributed by atoms with van der Waals surface area (Å²) >= 11 is 1.55. The van der Waals surface area contributed by atoms with Gasteiger partial charge in [0.25, 0.3) is 0 Å². The van der Waals surface area contributed by atoms with E-state index < -0.39 is 16.1 Å². The van der Waals surface area contributed by atoms with Crippen molar-refractivity contribution in [3.8, 4) is 17.1 Å². The van der Waals surface area contributed by atoms with Crippen LogP contribution in [0.15, 0.2) is 39.9 Å². The fourth-order valence-corrected chi connectivity index (χ4v) is 5.28. The molecule has 0 N–H and O–H groups in total. The summed E-state index contributed by atoms with van der Waals surface area (Å²) in [6.45, 7) is 5.68. The van der Waals surface area contributed by atoms with Crippen LogP contribution in [0.4, 0.5) is 0 Å². The SMILES string of the molecule is COc1ccc(-c2ccno2)cc1S(=O)(=O)N(C)C(C)c1nc(C)sc1C. The van der Waals surface area contributed by atoms with E-state index in [0.29, 0.717) is 11.3 Å². The lowest BCUT2D eigenvalue weighted by molar-refractivity contribution is 0.378. The monoisotopic (exact) mass is 407 g/mol. The maximum atomic E-state index is 13.3. The molecule has 144 valence electrons. The minimum Gasteiger partial charge on any atom is -0.495 e. The highest BCUT2D eigenvalue weighted by molar-refractivity contribution is 7.89. The van der Waals surface area contributed by atoms with Gasteiger partial charge in [0.15, 0.2) is 5.76 Å². The summed E-state index contributed by atoms with van der Waals surface area (Å²) in [5.74, 6) is 0.749. The molecule has 2 aromatic heterocycles. The minimum absolute atomic E-state index is 0.0675. The number of methoxy groups -OCH3 is 1. The van der Waals surface area contributed by atoms with Crippen LogP contribution in [0.2, 0.25) is 0 Å². The molecule has 0 fully saturated rings. The van der Waals surface area contributed by atoms with Crippen molar-refractivity contribution in [1.29, 1.82) is 0 Å². The largest absolute Gasteiger partial charge is 0.495 e. The molecule has 9 heteroatoms. The Balaban J connectivity index is 2.05. The van der Waals surface area contributed by atoms with E-state index in [0.717, 1.165) is 15.6 Å². The Morgan fingerprint density at radius 3 is 2.56 bits per heavy atom. The molecule has 0 aliphatic rings. The van der Waals surface area contributed by atoms with Crippen molar-refractivity contribution in [2.75, 3.05) is 14.2 Å². The average molecular weight is 408 g/mol. The number of benzene rings is 1. The van der Waals surface area contributed by atoms with Crippen LogP contribution < -0.4 is 4.74 Å². The molecule has 3 rings (SSSR count). The molecule has 0 saturated carbocycles. The van der Waals surface area contributed by atoms with Crippen molar-refractivity contribution >= 4 is 21.4 Å². The molecule has 7 nitrogen and oxygen atoms in total. The summed E-state index contributed by atoms with van der Waals surface area (Å²) in [6.07, 6.45) is 1.51. The van der Waals surface area contributed by atoms with Gasteiger partial charge in [0.1, 0.15) is 10.6 Å². The Labute approximate surface area is 162 Å². The van der Waals surface area contributed by atoms with Gasteiger partial charge < -0.3 is 9.26 Å². The summed E-state index contributed by atoms with van der Waals surface area (Å²) in [4.78, 5) is 5.57. The normalized spacial score (nSPS) is 13.1. The molecule has 1 aromatic carbocycles. The van der Waals surface area contributed by atoms with Gasteiger partial charge in [-0.25, -0.2) is 13.4 Å². The van der Waals surface area contributed by atoms with Gasteiger partial charge in [0.05, 0.1) is 30.1 Å². The maximum Gasteiger partial charge on any atom is 0.247 e. The quantitative estimate of drug-likeness (QED) is 0.618. The summed E-state index contributed by atoms with van der Waals surface area (Å²) in [6, 6.07) is 6.14. The molecular formula is C18H21N3O4S2. The molecule has 3 aromatic rings. The first-order valence-electron chi connectivity index (χ1n) is 8.26. The summed E-state index contributed by atoms with van der Waals surface area (Å²) < 4.78 is 38.5. The predicted octanol–water partition coefficient (Wildman–Crippen LogP) is 3.81. The third-order valence-electron chi connectivity index (χ3n) is 4.42. The van der Waals surface area contributed by atoms with Gasteiger partial charge in [-0.15, -0.1) is 11.3 Å². The zero-order valence-corrected chi connectivity index (χ0v) is 17.4. The lowest BCUT2D eigenvalue weighted by atomic mass is 10.2. The number of ether oxygens (including phenoxy) is 1. The van der Waals surface area contributed by atoms with Crippen molar-refractivity contribution in [3.63, 3.8) is 0 Å². The minimum atomic E-state index is -3.84. The first-order chi connectivity index (χ1) is 12.8. The predicted molar refractivity (Wildman–Crippen MR) is 103 cm³/mol. The van der Waals surface area contributed by atoms with Gasteiger partial charge in [-0.05, 0) is 39.0 Å². The van der Waals surface area contributed by atoms with Crippen molar-refractivity contribution in [1.82, 2.24) is 14.4 Å². The third-order valence-corrected chi connectivity index (χ3v) is 7.27. The average Bonchev–Trinajstić information content (AvgIpc) is 3.29. The molecule has 27 heavy (non-hydrogen) atoms. The molecule has 0 amide bonds. The van der Waals surface area contributed by atoms with Gasteiger partial charge in [-0.2, -0.15) is 4.31 Å². The number of thiazole rings is 1. The van der Waals surface area contributed by atoms with Crippen LogP contribution in [-0.4, -0.2) is 37.0 Å². The summed E-state index contributed by atoms with van der Waals surface area (Å²) in [5, 5.41) is 4.58. The van der Waals surface area contributed by atoms with Crippen molar-refractivity contribution in [2.45, 2.75) is 31.7 Å². The summed E-state index contributed by atoms with van der Waals surface area (Å²) in [5.41, 5.74) is 1.36. The van der Waals surface area contributed by atoms with Crippen molar-refractivity contribution < 1.29 is 17.7 Å². The first kappa shape index (κ1) is 19.5. The number of nitrogens with zero attached hydrogens (tertiary/aromatic N) is 3. The fraction of sp³-hybridized carbons (Fsp3) is 0.333. The highest BCUT2D eigenvalue weighted by Crippen LogP contribution is 2.35. The molecule has 1 atom stereocenters. The number of rotatable bonds is 6. The smallest absolute Gasteiger partial charge is 0.247 e. The van der Waals surface area contributed by atoms with Gasteiger partial charge in [-0.1, -0.05) is 5.16 Å². The van der Waals surface area contributed by atoms with E-state index >= 15 is 0 Å². The second kappa shape index (κ2) is 7.41. The number of sulfonamides is 1. The Kier molecular flexibility index (Phi) is 5.36. The van der Waals surface area contributed by atoms with E-state index in [2.05, 4.69) is 10.1 Å². The first-order valence-corrected chi connectivity index (χ1v) is 10.5. The number of hydrogen-bond acceptors (Lipinski definition) is 7. The van der Waals surface area contributed by atoms with Gasteiger partial charge in [0, 0.05) is 23.6 Å². The fourth-order valence-electron chi connectivity index (χ4n) is 2.86. The Bertz CT molecular complexity index is 1040. The lowest BCUT2D eigenvalue weighted by Crippen LogP contribution is -2.30. The Morgan fingerprint density at radius 2 is 2.00 bits per heavy atom. The van der Waals surface area contributed by atoms with Crippen LogP contribution in [0.5, 0.6) is 5.75 Å².